The van der Waals surface area contributed by atoms with Crippen LogP contribution in [-0.4, -0.2) is 68.2 Å². The number of carbonyl (C=O) groups excluding carboxylic acids is 3. The lowest BCUT2D eigenvalue weighted by Crippen LogP contribution is -2.53. The Morgan fingerprint density at radius 1 is 1.28 bits per heavy atom. The Morgan fingerprint density at radius 3 is 2.52 bits per heavy atom. The van der Waals surface area contributed by atoms with E-state index in [0.717, 1.165) is 0 Å². The van der Waals surface area contributed by atoms with E-state index in [1.807, 2.05) is 4.90 Å². The van der Waals surface area contributed by atoms with Crippen LogP contribution in [0.25, 0.3) is 0 Å². The normalized spacial score (nSPS) is 23.0. The SMILES string of the molecule is COCC(CC1(C)NC(=O)NC1=O)C(=O)N1CCN(c2cc(F)cc(Cl)c2)CC1. The molecule has 2 aliphatic rings. The number of nitrogens with one attached hydrogen (secondary N) is 2. The van der Waals surface area contributed by atoms with Gasteiger partial charge in [-0.2, -0.15) is 0 Å². The molecule has 2 fully saturated rings. The first-order valence-electron chi connectivity index (χ1n) is 9.34. The topological polar surface area (TPSA) is 91.0 Å². The van der Waals surface area contributed by atoms with Crippen molar-refractivity contribution in [3.8, 4) is 0 Å². The zero-order valence-corrected chi connectivity index (χ0v) is 17.1. The minimum absolute atomic E-state index is 0.136. The molecule has 2 saturated heterocycles. The maximum Gasteiger partial charge on any atom is 0.322 e. The van der Waals surface area contributed by atoms with Gasteiger partial charge in [0.05, 0.1) is 12.5 Å². The van der Waals surface area contributed by atoms with Gasteiger partial charge in [-0.05, 0) is 31.5 Å². The molecule has 10 heteroatoms. The first kappa shape index (κ1) is 21.3. The second-order valence-electron chi connectivity index (χ2n) is 7.54. The Balaban J connectivity index is 1.64. The molecule has 2 N–H and O–H groups in total. The van der Waals surface area contributed by atoms with Crippen LogP contribution < -0.4 is 15.5 Å². The highest BCUT2D eigenvalue weighted by atomic mass is 35.5. The van der Waals surface area contributed by atoms with Crippen LogP contribution in [0.3, 0.4) is 0 Å². The molecule has 29 heavy (non-hydrogen) atoms. The van der Waals surface area contributed by atoms with Gasteiger partial charge >= 0.3 is 6.03 Å². The Labute approximate surface area is 173 Å². The summed E-state index contributed by atoms with van der Waals surface area (Å²) in [5.41, 5.74) is -0.482. The second-order valence-corrected chi connectivity index (χ2v) is 7.97. The van der Waals surface area contributed by atoms with Crippen molar-refractivity contribution in [3.05, 3.63) is 29.0 Å². The van der Waals surface area contributed by atoms with Crippen molar-refractivity contribution in [1.29, 1.82) is 0 Å². The van der Waals surface area contributed by atoms with Crippen LogP contribution in [0, 0.1) is 11.7 Å². The number of imide groups is 1. The van der Waals surface area contributed by atoms with Crippen molar-refractivity contribution in [3.63, 3.8) is 0 Å². The van der Waals surface area contributed by atoms with E-state index in [2.05, 4.69) is 10.6 Å². The number of halogens is 2. The molecule has 0 bridgehead atoms. The average Bonchev–Trinajstić information content (AvgIpc) is 2.91. The molecule has 2 unspecified atom stereocenters. The van der Waals surface area contributed by atoms with Crippen molar-refractivity contribution in [2.24, 2.45) is 5.92 Å². The van der Waals surface area contributed by atoms with Crippen molar-refractivity contribution < 1.29 is 23.5 Å². The highest BCUT2D eigenvalue weighted by Crippen LogP contribution is 2.25. The van der Waals surface area contributed by atoms with Crippen LogP contribution in [0.1, 0.15) is 13.3 Å². The van der Waals surface area contributed by atoms with Crippen LogP contribution in [0.5, 0.6) is 0 Å². The number of hydrogen-bond donors (Lipinski definition) is 2. The van der Waals surface area contributed by atoms with Gasteiger partial charge in [0.1, 0.15) is 11.4 Å². The molecular weight excluding hydrogens is 403 g/mol. The number of methoxy groups -OCH3 is 1. The Bertz CT molecular complexity index is 795. The van der Waals surface area contributed by atoms with Gasteiger partial charge in [-0.15, -0.1) is 0 Å². The summed E-state index contributed by atoms with van der Waals surface area (Å²) in [6.45, 7) is 3.68. The van der Waals surface area contributed by atoms with Gasteiger partial charge in [0.25, 0.3) is 5.91 Å². The molecule has 0 aliphatic carbocycles. The maximum absolute atomic E-state index is 13.6. The first-order chi connectivity index (χ1) is 13.7. The van der Waals surface area contributed by atoms with Crippen LogP contribution in [0.4, 0.5) is 14.9 Å². The summed E-state index contributed by atoms with van der Waals surface area (Å²) < 4.78 is 18.8. The van der Waals surface area contributed by atoms with Crippen LogP contribution in [0.2, 0.25) is 5.02 Å². The van der Waals surface area contributed by atoms with Gasteiger partial charge < -0.3 is 19.9 Å². The highest BCUT2D eigenvalue weighted by molar-refractivity contribution is 6.30. The number of piperazine rings is 1. The van der Waals surface area contributed by atoms with E-state index in [1.165, 1.54) is 19.2 Å². The molecule has 8 nitrogen and oxygen atoms in total. The molecule has 2 heterocycles. The predicted molar refractivity (Wildman–Crippen MR) is 105 cm³/mol. The summed E-state index contributed by atoms with van der Waals surface area (Å²) >= 11 is 5.93. The fourth-order valence-corrected chi connectivity index (χ4v) is 4.02. The minimum atomic E-state index is -1.16. The third-order valence-electron chi connectivity index (χ3n) is 5.29. The van der Waals surface area contributed by atoms with Gasteiger partial charge in [0.15, 0.2) is 0 Å². The second kappa shape index (κ2) is 8.54. The summed E-state index contributed by atoms with van der Waals surface area (Å²) in [4.78, 5) is 40.3. The molecule has 0 radical (unpaired) electrons. The van der Waals surface area contributed by atoms with E-state index in [-0.39, 0.29) is 18.9 Å². The lowest BCUT2D eigenvalue weighted by atomic mass is 9.88. The van der Waals surface area contributed by atoms with Crippen molar-refractivity contribution >= 4 is 35.1 Å². The number of urea groups is 1. The number of carbonyl (C=O) groups is 3. The summed E-state index contributed by atoms with van der Waals surface area (Å²) in [5.74, 6) is -1.58. The number of ether oxygens (including phenoxy) is 1. The maximum atomic E-state index is 13.6. The first-order valence-corrected chi connectivity index (χ1v) is 9.72. The van der Waals surface area contributed by atoms with Crippen molar-refractivity contribution in [2.45, 2.75) is 18.9 Å². The molecule has 158 valence electrons. The van der Waals surface area contributed by atoms with Crippen LogP contribution in [-0.2, 0) is 14.3 Å². The third-order valence-corrected chi connectivity index (χ3v) is 5.51. The predicted octanol–water partition coefficient (Wildman–Crippen LogP) is 1.38. The van der Waals surface area contributed by atoms with Crippen molar-refractivity contribution in [1.82, 2.24) is 15.5 Å². The van der Waals surface area contributed by atoms with E-state index >= 15 is 0 Å². The standard InChI is InChI=1S/C19H24ClFN4O4/c1-19(17(27)22-18(28)23-19)10-12(11-29-2)16(26)25-5-3-24(4-6-25)15-8-13(20)7-14(21)9-15/h7-9,12H,3-6,10-11H2,1-2H3,(H2,22,23,27,28). The molecule has 4 amide bonds. The van der Waals surface area contributed by atoms with Crippen molar-refractivity contribution in [2.75, 3.05) is 44.8 Å². The van der Waals surface area contributed by atoms with E-state index in [9.17, 15) is 18.8 Å². The summed E-state index contributed by atoms with van der Waals surface area (Å²) in [5, 5.41) is 5.11. The number of rotatable bonds is 6. The van der Waals surface area contributed by atoms with E-state index < -0.39 is 29.2 Å². The fraction of sp³-hybridized carbons (Fsp3) is 0.526. The van der Waals surface area contributed by atoms with Crippen LogP contribution >= 0.6 is 11.6 Å². The van der Waals surface area contributed by atoms with Gasteiger partial charge in [-0.1, -0.05) is 11.6 Å². The lowest BCUT2D eigenvalue weighted by Gasteiger charge is -2.38. The van der Waals surface area contributed by atoms with Gasteiger partial charge in [0, 0.05) is 44.0 Å². The lowest BCUT2D eigenvalue weighted by molar-refractivity contribution is -0.139. The Hall–Kier alpha value is -2.39. The highest BCUT2D eigenvalue weighted by Gasteiger charge is 2.45. The summed E-state index contributed by atoms with van der Waals surface area (Å²) in [6.07, 6.45) is 0.136. The molecule has 2 aliphatic heterocycles. The third kappa shape index (κ3) is 4.79. The number of nitrogens with zero attached hydrogens (tertiary/aromatic N) is 2. The molecule has 0 spiro atoms. The number of hydrogen-bond acceptors (Lipinski definition) is 5. The molecule has 1 aromatic rings. The van der Waals surface area contributed by atoms with E-state index in [4.69, 9.17) is 16.3 Å². The largest absolute Gasteiger partial charge is 0.384 e. The minimum Gasteiger partial charge on any atom is -0.384 e. The molecule has 2 atom stereocenters. The number of amides is 4. The zero-order valence-electron chi connectivity index (χ0n) is 16.3. The number of anilines is 1. The molecule has 0 saturated carbocycles. The molecule has 1 aromatic carbocycles. The van der Waals surface area contributed by atoms with E-state index in [1.54, 1.807) is 17.9 Å². The van der Waals surface area contributed by atoms with Gasteiger partial charge in [-0.3, -0.25) is 14.9 Å². The monoisotopic (exact) mass is 426 g/mol. The Kier molecular flexibility index (Phi) is 6.28. The molecular formula is C19H24ClFN4O4. The molecule has 3 rings (SSSR count). The average molecular weight is 427 g/mol. The van der Waals surface area contributed by atoms with E-state index in [0.29, 0.717) is 36.9 Å². The zero-order chi connectivity index (χ0) is 21.2. The smallest absolute Gasteiger partial charge is 0.322 e. The summed E-state index contributed by atoms with van der Waals surface area (Å²) in [7, 11) is 1.49. The summed E-state index contributed by atoms with van der Waals surface area (Å²) in [6, 6.07) is 3.79. The quantitative estimate of drug-likeness (QED) is 0.671. The van der Waals surface area contributed by atoms with Crippen LogP contribution in [0.15, 0.2) is 18.2 Å². The fourth-order valence-electron chi connectivity index (χ4n) is 3.80. The number of benzene rings is 1. The van der Waals surface area contributed by atoms with Gasteiger partial charge in [0.2, 0.25) is 5.91 Å². The van der Waals surface area contributed by atoms with Gasteiger partial charge in [-0.25, -0.2) is 9.18 Å². The Morgan fingerprint density at radius 2 is 1.97 bits per heavy atom. The molecule has 0 aromatic heterocycles.